The molecule has 1 aromatic rings. The summed E-state index contributed by atoms with van der Waals surface area (Å²) in [5, 5.41) is 12.3. The van der Waals surface area contributed by atoms with E-state index in [1.165, 1.54) is 0 Å². The van der Waals surface area contributed by atoms with Crippen molar-refractivity contribution in [2.75, 3.05) is 0 Å². The second-order valence-corrected chi connectivity index (χ2v) is 4.78. The van der Waals surface area contributed by atoms with E-state index in [0.717, 1.165) is 0 Å². The van der Waals surface area contributed by atoms with Crippen LogP contribution in [0, 0.1) is 0 Å². The molecular formula is C12H16N2O2S. The summed E-state index contributed by atoms with van der Waals surface area (Å²) in [7, 11) is 0. The number of aromatic hydroxyl groups is 1. The second-order valence-electron chi connectivity index (χ2n) is 4.34. The van der Waals surface area contributed by atoms with Crippen LogP contribution in [0.3, 0.4) is 0 Å². The molecule has 92 valence electrons. The fourth-order valence-electron chi connectivity index (χ4n) is 1.29. The standard InChI is InChI=1S/C12H16N2O2S/c1-12(2,11(13)17)14-10(16)7-8-5-3-4-6-9(8)15/h3-6,15H,7H2,1-2H3,(H2,13,17)(H,14,16). The van der Waals surface area contributed by atoms with Gasteiger partial charge in [-0.3, -0.25) is 4.79 Å². The van der Waals surface area contributed by atoms with Crippen molar-refractivity contribution < 1.29 is 9.90 Å². The third-order valence-electron chi connectivity index (χ3n) is 2.41. The highest BCUT2D eigenvalue weighted by molar-refractivity contribution is 7.80. The monoisotopic (exact) mass is 252 g/mol. The SMILES string of the molecule is CC(C)(NC(=O)Cc1ccccc1O)C(N)=S. The molecule has 4 N–H and O–H groups in total. The van der Waals surface area contributed by atoms with Gasteiger partial charge in [0.05, 0.1) is 16.9 Å². The Morgan fingerprint density at radius 2 is 2.06 bits per heavy atom. The molecular weight excluding hydrogens is 236 g/mol. The summed E-state index contributed by atoms with van der Waals surface area (Å²) in [6.07, 6.45) is 0.0959. The predicted molar refractivity (Wildman–Crippen MR) is 70.8 cm³/mol. The van der Waals surface area contributed by atoms with Crippen molar-refractivity contribution in [3.8, 4) is 5.75 Å². The molecule has 1 amide bonds. The van der Waals surface area contributed by atoms with Gasteiger partial charge in [0.1, 0.15) is 5.75 Å². The molecule has 0 saturated carbocycles. The van der Waals surface area contributed by atoms with E-state index in [4.69, 9.17) is 18.0 Å². The van der Waals surface area contributed by atoms with Gasteiger partial charge in [-0.2, -0.15) is 0 Å². The Kier molecular flexibility index (Phi) is 4.07. The number of nitrogens with two attached hydrogens (primary N) is 1. The molecule has 1 aromatic carbocycles. The molecule has 1 rings (SSSR count). The van der Waals surface area contributed by atoms with Gasteiger partial charge in [-0.25, -0.2) is 0 Å². The first-order valence-corrected chi connectivity index (χ1v) is 5.61. The van der Waals surface area contributed by atoms with Crippen molar-refractivity contribution in [1.82, 2.24) is 5.32 Å². The van der Waals surface area contributed by atoms with E-state index in [1.54, 1.807) is 38.1 Å². The molecule has 0 saturated heterocycles. The van der Waals surface area contributed by atoms with Gasteiger partial charge in [-0.05, 0) is 19.9 Å². The quantitative estimate of drug-likeness (QED) is 0.702. The summed E-state index contributed by atoms with van der Waals surface area (Å²) >= 11 is 4.85. The van der Waals surface area contributed by atoms with Crippen molar-refractivity contribution in [3.05, 3.63) is 29.8 Å². The summed E-state index contributed by atoms with van der Waals surface area (Å²) in [4.78, 5) is 12.0. The molecule has 0 radical (unpaired) electrons. The average molecular weight is 252 g/mol. The maximum absolute atomic E-state index is 11.7. The molecule has 0 heterocycles. The first-order valence-electron chi connectivity index (χ1n) is 5.20. The number of thiocarbonyl (C=S) groups is 1. The van der Waals surface area contributed by atoms with Gasteiger partial charge in [0.15, 0.2) is 0 Å². The molecule has 0 atom stereocenters. The third-order valence-corrected chi connectivity index (χ3v) is 2.92. The van der Waals surface area contributed by atoms with Crippen molar-refractivity contribution in [3.63, 3.8) is 0 Å². The van der Waals surface area contributed by atoms with Crippen LogP contribution in [0.2, 0.25) is 0 Å². The minimum atomic E-state index is -0.725. The molecule has 0 bridgehead atoms. The Labute approximate surface area is 106 Å². The Balaban J connectivity index is 2.69. The number of nitrogens with one attached hydrogen (secondary N) is 1. The number of benzene rings is 1. The lowest BCUT2D eigenvalue weighted by atomic mass is 10.0. The maximum atomic E-state index is 11.7. The van der Waals surface area contributed by atoms with Crippen LogP contribution in [0.1, 0.15) is 19.4 Å². The highest BCUT2D eigenvalue weighted by Crippen LogP contribution is 2.16. The highest BCUT2D eigenvalue weighted by Gasteiger charge is 2.23. The zero-order chi connectivity index (χ0) is 13.1. The summed E-state index contributed by atoms with van der Waals surface area (Å²) < 4.78 is 0. The minimum absolute atomic E-state index is 0.0959. The number of rotatable bonds is 4. The molecule has 0 aromatic heterocycles. The first kappa shape index (κ1) is 13.4. The maximum Gasteiger partial charge on any atom is 0.225 e. The van der Waals surface area contributed by atoms with Gasteiger partial charge in [0.25, 0.3) is 0 Å². The van der Waals surface area contributed by atoms with Crippen LogP contribution in [-0.4, -0.2) is 21.5 Å². The summed E-state index contributed by atoms with van der Waals surface area (Å²) in [5.74, 6) is -0.125. The van der Waals surface area contributed by atoms with E-state index in [9.17, 15) is 9.90 Å². The largest absolute Gasteiger partial charge is 0.508 e. The number of para-hydroxylation sites is 1. The van der Waals surface area contributed by atoms with Crippen molar-refractivity contribution >= 4 is 23.1 Å². The first-order chi connectivity index (χ1) is 7.83. The molecule has 0 aliphatic rings. The van der Waals surface area contributed by atoms with E-state index in [0.29, 0.717) is 5.56 Å². The molecule has 0 spiro atoms. The van der Waals surface area contributed by atoms with E-state index in [-0.39, 0.29) is 23.1 Å². The Bertz CT molecular complexity index is 444. The van der Waals surface area contributed by atoms with Crippen LogP contribution < -0.4 is 11.1 Å². The number of hydrogen-bond acceptors (Lipinski definition) is 3. The molecule has 0 fully saturated rings. The molecule has 5 heteroatoms. The Morgan fingerprint density at radius 1 is 1.47 bits per heavy atom. The number of phenols is 1. The minimum Gasteiger partial charge on any atom is -0.508 e. The predicted octanol–water partition coefficient (Wildman–Crippen LogP) is 1.12. The van der Waals surface area contributed by atoms with Gasteiger partial charge in [-0.15, -0.1) is 0 Å². The lowest BCUT2D eigenvalue weighted by molar-refractivity contribution is -0.121. The zero-order valence-corrected chi connectivity index (χ0v) is 10.7. The van der Waals surface area contributed by atoms with E-state index in [2.05, 4.69) is 5.32 Å². The smallest absolute Gasteiger partial charge is 0.225 e. The lowest BCUT2D eigenvalue weighted by Gasteiger charge is -2.24. The number of phenolic OH excluding ortho intramolecular Hbond substituents is 1. The normalized spacial score (nSPS) is 10.9. The Morgan fingerprint density at radius 3 is 2.59 bits per heavy atom. The zero-order valence-electron chi connectivity index (χ0n) is 9.86. The van der Waals surface area contributed by atoms with E-state index < -0.39 is 5.54 Å². The van der Waals surface area contributed by atoms with Crippen LogP contribution in [0.25, 0.3) is 0 Å². The summed E-state index contributed by atoms with van der Waals surface area (Å²) in [5.41, 5.74) is 5.36. The van der Waals surface area contributed by atoms with Crippen LogP contribution >= 0.6 is 12.2 Å². The number of amides is 1. The fourth-order valence-corrected chi connectivity index (χ4v) is 1.34. The second kappa shape index (κ2) is 5.14. The van der Waals surface area contributed by atoms with Crippen molar-refractivity contribution in [2.24, 2.45) is 5.73 Å². The van der Waals surface area contributed by atoms with Crippen LogP contribution in [0.5, 0.6) is 5.75 Å². The number of hydrogen-bond donors (Lipinski definition) is 3. The van der Waals surface area contributed by atoms with Gasteiger partial charge in [0.2, 0.25) is 5.91 Å². The summed E-state index contributed by atoms with van der Waals surface area (Å²) in [6, 6.07) is 6.71. The Hall–Kier alpha value is -1.62. The van der Waals surface area contributed by atoms with Crippen LogP contribution in [0.4, 0.5) is 0 Å². The average Bonchev–Trinajstić information content (AvgIpc) is 2.20. The topological polar surface area (TPSA) is 75.3 Å². The fraction of sp³-hybridized carbons (Fsp3) is 0.333. The van der Waals surface area contributed by atoms with Crippen molar-refractivity contribution in [1.29, 1.82) is 0 Å². The van der Waals surface area contributed by atoms with Gasteiger partial charge >= 0.3 is 0 Å². The molecule has 17 heavy (non-hydrogen) atoms. The van der Waals surface area contributed by atoms with Crippen molar-refractivity contribution in [2.45, 2.75) is 25.8 Å². The highest BCUT2D eigenvalue weighted by atomic mass is 32.1. The van der Waals surface area contributed by atoms with Gasteiger partial charge in [-0.1, -0.05) is 30.4 Å². The lowest BCUT2D eigenvalue weighted by Crippen LogP contribution is -2.52. The molecule has 4 nitrogen and oxygen atoms in total. The van der Waals surface area contributed by atoms with Gasteiger partial charge in [0, 0.05) is 5.56 Å². The molecule has 0 unspecified atom stereocenters. The summed E-state index contributed by atoms with van der Waals surface area (Å²) in [6.45, 7) is 3.47. The number of carbonyl (C=O) groups is 1. The molecule has 0 aliphatic heterocycles. The van der Waals surface area contributed by atoms with E-state index in [1.807, 2.05) is 0 Å². The van der Waals surface area contributed by atoms with E-state index >= 15 is 0 Å². The molecule has 0 aliphatic carbocycles. The van der Waals surface area contributed by atoms with Crippen LogP contribution in [0.15, 0.2) is 24.3 Å². The van der Waals surface area contributed by atoms with Crippen LogP contribution in [-0.2, 0) is 11.2 Å². The number of carbonyl (C=O) groups excluding carboxylic acids is 1. The third kappa shape index (κ3) is 3.71. The van der Waals surface area contributed by atoms with Gasteiger partial charge < -0.3 is 16.2 Å².